The number of ether oxygens (including phenoxy) is 3. The maximum Gasteiger partial charge on any atom is 0.168 e. The SMILES string of the molecule is C1CC[C@H]([C@@H]2CC[C@@]3(CCCCO3)O2)OC1. The molecule has 0 bridgehead atoms. The van der Waals surface area contributed by atoms with E-state index < -0.39 is 0 Å². The molecule has 0 radical (unpaired) electrons. The van der Waals surface area contributed by atoms with Gasteiger partial charge in [-0.2, -0.15) is 0 Å². The molecule has 3 aliphatic rings. The first-order chi connectivity index (χ1) is 7.88. The van der Waals surface area contributed by atoms with Crippen molar-refractivity contribution in [2.45, 2.75) is 69.4 Å². The zero-order valence-corrected chi connectivity index (χ0v) is 9.95. The minimum absolute atomic E-state index is 0.232. The molecule has 0 amide bonds. The van der Waals surface area contributed by atoms with E-state index in [0.29, 0.717) is 12.2 Å². The summed E-state index contributed by atoms with van der Waals surface area (Å²) >= 11 is 0. The highest BCUT2D eigenvalue weighted by Crippen LogP contribution is 2.40. The van der Waals surface area contributed by atoms with Crippen molar-refractivity contribution in [3.8, 4) is 0 Å². The van der Waals surface area contributed by atoms with Gasteiger partial charge in [0.1, 0.15) is 0 Å². The molecule has 3 heteroatoms. The van der Waals surface area contributed by atoms with Crippen molar-refractivity contribution < 1.29 is 14.2 Å². The molecule has 0 N–H and O–H groups in total. The summed E-state index contributed by atoms with van der Waals surface area (Å²) < 4.78 is 17.9. The van der Waals surface area contributed by atoms with Crippen LogP contribution in [0, 0.1) is 0 Å². The first-order valence-electron chi connectivity index (χ1n) is 6.81. The Hall–Kier alpha value is -0.120. The van der Waals surface area contributed by atoms with Crippen LogP contribution in [0.1, 0.15) is 51.4 Å². The smallest absolute Gasteiger partial charge is 0.168 e. The largest absolute Gasteiger partial charge is 0.376 e. The lowest BCUT2D eigenvalue weighted by atomic mass is 9.99. The Labute approximate surface area is 97.4 Å². The normalized spacial score (nSPS) is 45.0. The Morgan fingerprint density at radius 1 is 0.812 bits per heavy atom. The van der Waals surface area contributed by atoms with Crippen LogP contribution in [0.5, 0.6) is 0 Å². The fourth-order valence-electron chi connectivity index (χ4n) is 3.19. The molecule has 3 saturated heterocycles. The summed E-state index contributed by atoms with van der Waals surface area (Å²) in [5.41, 5.74) is 0. The highest BCUT2D eigenvalue weighted by Gasteiger charge is 2.45. The van der Waals surface area contributed by atoms with E-state index in [4.69, 9.17) is 14.2 Å². The van der Waals surface area contributed by atoms with Crippen LogP contribution in [0.3, 0.4) is 0 Å². The molecule has 0 aromatic heterocycles. The lowest BCUT2D eigenvalue weighted by Gasteiger charge is -2.35. The molecule has 92 valence electrons. The molecule has 0 saturated carbocycles. The minimum Gasteiger partial charge on any atom is -0.376 e. The Morgan fingerprint density at radius 2 is 1.75 bits per heavy atom. The van der Waals surface area contributed by atoms with Crippen molar-refractivity contribution in [2.75, 3.05) is 13.2 Å². The van der Waals surface area contributed by atoms with Gasteiger partial charge in [-0.15, -0.1) is 0 Å². The first kappa shape index (κ1) is 11.0. The van der Waals surface area contributed by atoms with E-state index in [1.807, 2.05) is 0 Å². The van der Waals surface area contributed by atoms with Gasteiger partial charge in [-0.25, -0.2) is 0 Å². The molecule has 1 spiro atoms. The maximum atomic E-state index is 6.18. The lowest BCUT2D eigenvalue weighted by molar-refractivity contribution is -0.258. The Balaban J connectivity index is 1.58. The highest BCUT2D eigenvalue weighted by atomic mass is 16.7. The molecule has 3 rings (SSSR count). The van der Waals surface area contributed by atoms with E-state index >= 15 is 0 Å². The van der Waals surface area contributed by atoms with Crippen LogP contribution < -0.4 is 0 Å². The Morgan fingerprint density at radius 3 is 2.50 bits per heavy atom. The van der Waals surface area contributed by atoms with Crippen LogP contribution in [0.25, 0.3) is 0 Å². The van der Waals surface area contributed by atoms with E-state index in [9.17, 15) is 0 Å². The van der Waals surface area contributed by atoms with Crippen LogP contribution in [0.2, 0.25) is 0 Å². The molecule has 3 atom stereocenters. The topological polar surface area (TPSA) is 27.7 Å². The fourth-order valence-corrected chi connectivity index (χ4v) is 3.19. The van der Waals surface area contributed by atoms with Crippen LogP contribution in [0.4, 0.5) is 0 Å². The standard InChI is InChI=1S/C13H22O3/c1-3-9-14-11(5-1)12-6-8-13(16-12)7-2-4-10-15-13/h11-12H,1-10H2/t11-,12+,13-/m1/s1. The minimum atomic E-state index is -0.232. The summed E-state index contributed by atoms with van der Waals surface area (Å²) in [6, 6.07) is 0. The third kappa shape index (κ3) is 2.13. The summed E-state index contributed by atoms with van der Waals surface area (Å²) in [5.74, 6) is -0.232. The van der Waals surface area contributed by atoms with Crippen LogP contribution in [-0.2, 0) is 14.2 Å². The van der Waals surface area contributed by atoms with Crippen molar-refractivity contribution in [1.82, 2.24) is 0 Å². The third-order valence-electron chi connectivity index (χ3n) is 4.12. The van der Waals surface area contributed by atoms with Gasteiger partial charge in [-0.3, -0.25) is 0 Å². The molecule has 3 heterocycles. The fraction of sp³-hybridized carbons (Fsp3) is 1.00. The average Bonchev–Trinajstić information content (AvgIpc) is 2.75. The van der Waals surface area contributed by atoms with Crippen molar-refractivity contribution >= 4 is 0 Å². The second kappa shape index (κ2) is 4.63. The lowest BCUT2D eigenvalue weighted by Crippen LogP contribution is -2.39. The summed E-state index contributed by atoms with van der Waals surface area (Å²) in [6.07, 6.45) is 9.99. The maximum absolute atomic E-state index is 6.18. The number of rotatable bonds is 1. The first-order valence-corrected chi connectivity index (χ1v) is 6.81. The van der Waals surface area contributed by atoms with Crippen LogP contribution in [-0.4, -0.2) is 31.2 Å². The molecule has 3 fully saturated rings. The van der Waals surface area contributed by atoms with E-state index in [2.05, 4.69) is 0 Å². The van der Waals surface area contributed by atoms with E-state index in [1.54, 1.807) is 0 Å². The Kier molecular flexibility index (Phi) is 3.18. The quantitative estimate of drug-likeness (QED) is 0.688. The van der Waals surface area contributed by atoms with Gasteiger partial charge in [0.25, 0.3) is 0 Å². The van der Waals surface area contributed by atoms with Gasteiger partial charge in [0.15, 0.2) is 5.79 Å². The summed E-state index contributed by atoms with van der Waals surface area (Å²) in [4.78, 5) is 0. The molecule has 0 aliphatic carbocycles. The van der Waals surface area contributed by atoms with Gasteiger partial charge in [0, 0.05) is 19.4 Å². The van der Waals surface area contributed by atoms with E-state index in [0.717, 1.165) is 32.5 Å². The molecular weight excluding hydrogens is 204 g/mol. The van der Waals surface area contributed by atoms with Gasteiger partial charge in [-0.05, 0) is 38.5 Å². The molecule has 16 heavy (non-hydrogen) atoms. The van der Waals surface area contributed by atoms with Gasteiger partial charge in [0.05, 0.1) is 18.8 Å². The van der Waals surface area contributed by atoms with Crippen LogP contribution >= 0.6 is 0 Å². The van der Waals surface area contributed by atoms with Gasteiger partial charge in [0.2, 0.25) is 0 Å². The third-order valence-corrected chi connectivity index (χ3v) is 4.12. The number of hydrogen-bond acceptors (Lipinski definition) is 3. The second-order valence-corrected chi connectivity index (χ2v) is 5.32. The molecular formula is C13H22O3. The van der Waals surface area contributed by atoms with Crippen molar-refractivity contribution in [3.05, 3.63) is 0 Å². The van der Waals surface area contributed by atoms with E-state index in [1.165, 1.54) is 32.1 Å². The zero-order valence-electron chi connectivity index (χ0n) is 9.95. The Bertz CT molecular complexity index is 229. The molecule has 0 unspecified atom stereocenters. The monoisotopic (exact) mass is 226 g/mol. The van der Waals surface area contributed by atoms with Crippen LogP contribution in [0.15, 0.2) is 0 Å². The predicted octanol–water partition coefficient (Wildman–Crippen LogP) is 2.63. The summed E-state index contributed by atoms with van der Waals surface area (Å²) in [7, 11) is 0. The molecule has 3 nitrogen and oxygen atoms in total. The van der Waals surface area contributed by atoms with Crippen molar-refractivity contribution in [1.29, 1.82) is 0 Å². The van der Waals surface area contributed by atoms with Gasteiger partial charge >= 0.3 is 0 Å². The van der Waals surface area contributed by atoms with Gasteiger partial charge < -0.3 is 14.2 Å². The highest BCUT2D eigenvalue weighted by molar-refractivity contribution is 4.88. The molecule has 3 aliphatic heterocycles. The molecule has 0 aromatic rings. The van der Waals surface area contributed by atoms with Crippen molar-refractivity contribution in [3.63, 3.8) is 0 Å². The number of hydrogen-bond donors (Lipinski definition) is 0. The molecule has 0 aromatic carbocycles. The van der Waals surface area contributed by atoms with Crippen molar-refractivity contribution in [2.24, 2.45) is 0 Å². The summed E-state index contributed by atoms with van der Waals surface area (Å²) in [5, 5.41) is 0. The zero-order chi connectivity index (χ0) is 10.8. The van der Waals surface area contributed by atoms with E-state index in [-0.39, 0.29) is 5.79 Å². The predicted molar refractivity (Wildman–Crippen MR) is 60.2 cm³/mol. The summed E-state index contributed by atoms with van der Waals surface area (Å²) in [6.45, 7) is 1.79. The van der Waals surface area contributed by atoms with Gasteiger partial charge in [-0.1, -0.05) is 0 Å². The average molecular weight is 226 g/mol. The second-order valence-electron chi connectivity index (χ2n) is 5.32.